The second-order valence-corrected chi connectivity index (χ2v) is 11.6. The molecule has 0 radical (unpaired) electrons. The number of aliphatic hydroxyl groups excluding tert-OH is 2. The molecular weight excluding hydrogens is 514 g/mol. The molecule has 1 amide bonds. The lowest BCUT2D eigenvalue weighted by molar-refractivity contribution is -0.148. The smallest absolute Gasteiger partial charge is 0.255 e. The van der Waals surface area contributed by atoms with Crippen LogP contribution >= 0.6 is 0 Å². The molecule has 0 heterocycles. The number of phenolic OH excluding ortho intramolecular Hbond substituents is 1. The van der Waals surface area contributed by atoms with Gasteiger partial charge < -0.3 is 31.1 Å². The van der Waals surface area contributed by atoms with Crippen LogP contribution in [0, 0.1) is 11.8 Å². The van der Waals surface area contributed by atoms with Crippen molar-refractivity contribution in [3.63, 3.8) is 0 Å². The summed E-state index contributed by atoms with van der Waals surface area (Å²) < 4.78 is 0. The topological polar surface area (TPSA) is 165 Å². The fourth-order valence-corrected chi connectivity index (χ4v) is 6.64. The Morgan fingerprint density at radius 3 is 2.40 bits per heavy atom. The molecule has 6 N–H and O–H groups in total. The number of Topliss-reactive ketones (excluding diaryl/α,β-unsaturated/α-hetero) is 2. The number of anilines is 1. The predicted molar refractivity (Wildman–Crippen MR) is 150 cm³/mol. The SMILES string of the molecule is CCC/C=C/C(C)c1cc(N(C)C)c2c(c1O)C(=O)C1=C(O)[C@]3(O)C(=O)C(C(N)=O)=C(O)[C@@H](N(C)C)[C@@H]3C[C@@H]1C2. The molecule has 5 atom stereocenters. The normalized spacial score (nSPS) is 27.1. The Balaban J connectivity index is 1.95. The summed E-state index contributed by atoms with van der Waals surface area (Å²) in [5.74, 6) is -6.71. The summed E-state index contributed by atoms with van der Waals surface area (Å²) >= 11 is 0. The maximum atomic E-state index is 14.1. The summed E-state index contributed by atoms with van der Waals surface area (Å²) in [7, 11) is 6.90. The number of amides is 1. The average Bonchev–Trinajstić information content (AvgIpc) is 2.85. The maximum absolute atomic E-state index is 14.1. The minimum Gasteiger partial charge on any atom is -0.510 e. The molecule has 0 fully saturated rings. The lowest BCUT2D eigenvalue weighted by atomic mass is 9.58. The molecule has 0 bridgehead atoms. The zero-order valence-electron chi connectivity index (χ0n) is 23.9. The highest BCUT2D eigenvalue weighted by Gasteiger charge is 2.63. The van der Waals surface area contributed by atoms with Crippen molar-refractivity contribution in [2.24, 2.45) is 17.6 Å². The zero-order chi connectivity index (χ0) is 29.8. The first-order valence-corrected chi connectivity index (χ1v) is 13.6. The lowest BCUT2D eigenvalue weighted by Gasteiger charge is -2.50. The van der Waals surface area contributed by atoms with E-state index in [0.29, 0.717) is 11.1 Å². The largest absolute Gasteiger partial charge is 0.510 e. The maximum Gasteiger partial charge on any atom is 0.255 e. The quantitative estimate of drug-likeness (QED) is 0.252. The van der Waals surface area contributed by atoms with Crippen LogP contribution in [0.5, 0.6) is 5.75 Å². The van der Waals surface area contributed by atoms with Crippen LogP contribution in [-0.2, 0) is 16.0 Å². The number of aliphatic hydroxyl groups is 3. The number of phenols is 1. The number of fused-ring (bicyclic) bond motifs is 3. The number of nitrogens with two attached hydrogens (primary N) is 1. The molecule has 10 nitrogen and oxygen atoms in total. The molecule has 0 saturated carbocycles. The highest BCUT2D eigenvalue weighted by atomic mass is 16.3. The third-order valence-corrected chi connectivity index (χ3v) is 8.58. The molecule has 216 valence electrons. The summed E-state index contributed by atoms with van der Waals surface area (Å²) in [4.78, 5) is 43.1. The van der Waals surface area contributed by atoms with Gasteiger partial charge in [-0.2, -0.15) is 0 Å². The van der Waals surface area contributed by atoms with Crippen LogP contribution in [0.2, 0.25) is 0 Å². The van der Waals surface area contributed by atoms with Gasteiger partial charge >= 0.3 is 0 Å². The first-order valence-electron chi connectivity index (χ1n) is 13.6. The Kier molecular flexibility index (Phi) is 7.64. The number of primary amides is 1. The van der Waals surface area contributed by atoms with E-state index < -0.39 is 58.0 Å². The second kappa shape index (κ2) is 10.4. The third-order valence-electron chi connectivity index (χ3n) is 8.58. The Bertz CT molecular complexity index is 1370. The van der Waals surface area contributed by atoms with E-state index in [2.05, 4.69) is 6.92 Å². The van der Waals surface area contributed by atoms with Crippen molar-refractivity contribution in [3.05, 3.63) is 57.6 Å². The summed E-state index contributed by atoms with van der Waals surface area (Å²) in [5, 5.41) is 45.6. The van der Waals surface area contributed by atoms with Crippen molar-refractivity contribution in [1.82, 2.24) is 4.90 Å². The van der Waals surface area contributed by atoms with Crippen LogP contribution in [-0.4, -0.2) is 82.6 Å². The van der Waals surface area contributed by atoms with Crippen molar-refractivity contribution in [3.8, 4) is 5.75 Å². The summed E-state index contributed by atoms with van der Waals surface area (Å²) in [6, 6.07) is 0.849. The number of allylic oxidation sites excluding steroid dienone is 3. The number of likely N-dealkylation sites (N-methyl/N-ethyl adjacent to an activating group) is 1. The van der Waals surface area contributed by atoms with Crippen LogP contribution in [0.4, 0.5) is 5.69 Å². The van der Waals surface area contributed by atoms with E-state index in [-0.39, 0.29) is 35.6 Å². The van der Waals surface area contributed by atoms with E-state index in [0.717, 1.165) is 18.5 Å². The predicted octanol–water partition coefficient (Wildman–Crippen LogP) is 2.65. The van der Waals surface area contributed by atoms with Crippen molar-refractivity contribution in [2.45, 2.75) is 57.1 Å². The zero-order valence-corrected chi connectivity index (χ0v) is 23.9. The van der Waals surface area contributed by atoms with Gasteiger partial charge in [-0.1, -0.05) is 32.4 Å². The molecule has 1 unspecified atom stereocenters. The molecule has 0 saturated heterocycles. The van der Waals surface area contributed by atoms with Crippen molar-refractivity contribution in [1.29, 1.82) is 0 Å². The number of carbonyl (C=O) groups is 3. The summed E-state index contributed by atoms with van der Waals surface area (Å²) in [6.45, 7) is 3.98. The lowest BCUT2D eigenvalue weighted by Crippen LogP contribution is -2.63. The van der Waals surface area contributed by atoms with Gasteiger partial charge in [0.05, 0.1) is 11.6 Å². The fraction of sp³-hybridized carbons (Fsp3) is 0.500. The van der Waals surface area contributed by atoms with Gasteiger partial charge in [-0.3, -0.25) is 19.3 Å². The molecule has 4 rings (SSSR count). The molecule has 0 aliphatic heterocycles. The van der Waals surface area contributed by atoms with E-state index in [1.807, 2.05) is 44.1 Å². The van der Waals surface area contributed by atoms with Gasteiger partial charge in [-0.25, -0.2) is 0 Å². The summed E-state index contributed by atoms with van der Waals surface area (Å²) in [5.41, 5.74) is 3.68. The van der Waals surface area contributed by atoms with Crippen LogP contribution in [0.3, 0.4) is 0 Å². The van der Waals surface area contributed by atoms with Crippen molar-refractivity contribution in [2.75, 3.05) is 33.1 Å². The fourth-order valence-electron chi connectivity index (χ4n) is 6.64. The molecule has 40 heavy (non-hydrogen) atoms. The number of carbonyl (C=O) groups excluding carboxylic acids is 3. The molecule has 3 aliphatic rings. The number of benzene rings is 1. The number of unbranched alkanes of at least 4 members (excludes halogenated alkanes) is 1. The first-order chi connectivity index (χ1) is 18.7. The van der Waals surface area contributed by atoms with E-state index >= 15 is 0 Å². The van der Waals surface area contributed by atoms with E-state index in [1.165, 1.54) is 4.90 Å². The molecule has 1 aromatic rings. The highest BCUT2D eigenvalue weighted by molar-refractivity contribution is 6.25. The van der Waals surface area contributed by atoms with Gasteiger partial charge in [0.2, 0.25) is 5.78 Å². The van der Waals surface area contributed by atoms with Gasteiger partial charge in [-0.15, -0.1) is 0 Å². The minimum atomic E-state index is -2.65. The number of hydrogen-bond donors (Lipinski definition) is 5. The van der Waals surface area contributed by atoms with Gasteiger partial charge in [0, 0.05) is 42.8 Å². The Labute approximate surface area is 234 Å². The Morgan fingerprint density at radius 2 is 1.85 bits per heavy atom. The Hall–Kier alpha value is -3.63. The van der Waals surface area contributed by atoms with E-state index in [9.17, 15) is 34.8 Å². The molecule has 10 heteroatoms. The number of nitrogens with zero attached hydrogens (tertiary/aromatic N) is 2. The van der Waals surface area contributed by atoms with Crippen molar-refractivity contribution >= 4 is 23.2 Å². The van der Waals surface area contributed by atoms with Crippen LogP contribution in [0.15, 0.2) is 40.9 Å². The van der Waals surface area contributed by atoms with Gasteiger partial charge in [-0.05, 0) is 50.9 Å². The van der Waals surface area contributed by atoms with E-state index in [4.69, 9.17) is 5.73 Å². The molecule has 3 aliphatic carbocycles. The van der Waals surface area contributed by atoms with Crippen LogP contribution in [0.25, 0.3) is 0 Å². The molecule has 1 aromatic carbocycles. The van der Waals surface area contributed by atoms with Gasteiger partial charge in [0.15, 0.2) is 11.4 Å². The third kappa shape index (κ3) is 4.21. The number of rotatable bonds is 7. The molecular formula is C30H39N3O7. The highest BCUT2D eigenvalue weighted by Crippen LogP contribution is 2.53. The molecule has 0 spiro atoms. The Morgan fingerprint density at radius 1 is 1.20 bits per heavy atom. The van der Waals surface area contributed by atoms with Crippen molar-refractivity contribution < 1.29 is 34.8 Å². The standard InChI is InChI=1S/C30H39N3O7/c1-7-8-9-10-14(2)16-13-19(32(3)4)17-11-15-12-18-23(33(5)6)26(36)22(29(31)39)28(38)30(18,40)27(37)20(15)25(35)21(17)24(16)34/h9-10,13-15,18,23,34,36-37,40H,7-8,11-12H2,1-6H3,(H2,31,39)/b10-9+/t14?,15-,18-,23-,30-/m0/s1. The van der Waals surface area contributed by atoms with Crippen LogP contribution < -0.4 is 10.6 Å². The molecule has 0 aromatic heterocycles. The summed E-state index contributed by atoms with van der Waals surface area (Å²) in [6.07, 6.45) is 6.13. The number of ketones is 2. The first kappa shape index (κ1) is 29.4. The monoisotopic (exact) mass is 553 g/mol. The van der Waals surface area contributed by atoms with Crippen LogP contribution in [0.1, 0.15) is 60.5 Å². The number of hydrogen-bond acceptors (Lipinski definition) is 9. The average molecular weight is 554 g/mol. The van der Waals surface area contributed by atoms with Gasteiger partial charge in [0.1, 0.15) is 22.8 Å². The minimum absolute atomic E-state index is 0.0257. The second-order valence-electron chi connectivity index (χ2n) is 11.6. The van der Waals surface area contributed by atoms with E-state index in [1.54, 1.807) is 14.1 Å². The number of aromatic hydroxyl groups is 1. The van der Waals surface area contributed by atoms with Gasteiger partial charge in [0.25, 0.3) is 5.91 Å².